The fourth-order valence-electron chi connectivity index (χ4n) is 0.764. The third-order valence-electron chi connectivity index (χ3n) is 1.35. The van der Waals surface area contributed by atoms with E-state index in [9.17, 15) is 9.59 Å². The van der Waals surface area contributed by atoms with E-state index >= 15 is 0 Å². The maximum Gasteiger partial charge on any atom is 0.326 e. The molecule has 5 heteroatoms. The Morgan fingerprint density at radius 3 is 2.08 bits per heavy atom. The van der Waals surface area contributed by atoms with Gasteiger partial charge in [-0.1, -0.05) is 6.58 Å². The van der Waals surface area contributed by atoms with E-state index in [-0.39, 0.29) is 10.5 Å². The maximum absolute atomic E-state index is 10.9. The van der Waals surface area contributed by atoms with Crippen LogP contribution in [0.2, 0.25) is 0 Å². The number of carbonyl (C=O) groups excluding carboxylic acids is 1. The fourth-order valence-corrected chi connectivity index (χ4v) is 1.32. The van der Waals surface area contributed by atoms with Crippen molar-refractivity contribution in [2.45, 2.75) is 19.9 Å². The molecule has 0 aromatic rings. The van der Waals surface area contributed by atoms with Crippen LogP contribution in [0.3, 0.4) is 0 Å². The molecule has 0 unspecified atom stereocenters. The average molecular weight is 236 g/mol. The smallest absolute Gasteiger partial charge is 0.326 e. The Balaban J connectivity index is 4.63. The second-order valence-corrected chi connectivity index (χ2v) is 3.19. The summed E-state index contributed by atoms with van der Waals surface area (Å²) >= 11 is 2.96. The molecule has 68 valence electrons. The standard InChI is InChI=1S/C7H10BrNO3/c1-4(7(11)12)9(5(2)8)6(3)10/h4H,2H2,1,3H3,(H,11,12)/t4-/m1/s1. The summed E-state index contributed by atoms with van der Waals surface area (Å²) in [4.78, 5) is 22.5. The molecule has 0 aliphatic rings. The van der Waals surface area contributed by atoms with Crippen LogP contribution >= 0.6 is 15.9 Å². The molecule has 0 aromatic heterocycles. The maximum atomic E-state index is 10.9. The first-order valence-corrected chi connectivity index (χ1v) is 4.04. The predicted molar refractivity (Wildman–Crippen MR) is 47.7 cm³/mol. The summed E-state index contributed by atoms with van der Waals surface area (Å²) in [6.07, 6.45) is 0. The van der Waals surface area contributed by atoms with Gasteiger partial charge in [0.25, 0.3) is 0 Å². The van der Waals surface area contributed by atoms with Crippen molar-refractivity contribution >= 4 is 27.8 Å². The number of hydrogen-bond donors (Lipinski definition) is 1. The lowest BCUT2D eigenvalue weighted by Crippen LogP contribution is -2.39. The zero-order valence-corrected chi connectivity index (χ0v) is 8.46. The summed E-state index contributed by atoms with van der Waals surface area (Å²) in [5, 5.41) is 8.59. The van der Waals surface area contributed by atoms with Gasteiger partial charge in [0.15, 0.2) is 0 Å². The number of amides is 1. The number of hydrogen-bond acceptors (Lipinski definition) is 2. The highest BCUT2D eigenvalue weighted by Crippen LogP contribution is 2.13. The third kappa shape index (κ3) is 2.65. The van der Waals surface area contributed by atoms with Crippen LogP contribution in [0.25, 0.3) is 0 Å². The lowest BCUT2D eigenvalue weighted by Gasteiger charge is -2.23. The van der Waals surface area contributed by atoms with Gasteiger partial charge in [-0.05, 0) is 22.9 Å². The van der Waals surface area contributed by atoms with Gasteiger partial charge >= 0.3 is 5.97 Å². The van der Waals surface area contributed by atoms with Crippen molar-refractivity contribution < 1.29 is 14.7 Å². The van der Waals surface area contributed by atoms with Gasteiger partial charge in [0.2, 0.25) is 5.91 Å². The minimum absolute atomic E-state index is 0.255. The summed E-state index contributed by atoms with van der Waals surface area (Å²) in [7, 11) is 0. The molecule has 1 amide bonds. The van der Waals surface area contributed by atoms with Crippen LogP contribution < -0.4 is 0 Å². The van der Waals surface area contributed by atoms with E-state index in [2.05, 4.69) is 22.5 Å². The molecule has 0 aliphatic carbocycles. The Bertz CT molecular complexity index is 213. The summed E-state index contributed by atoms with van der Waals surface area (Å²) in [6.45, 7) is 6.14. The lowest BCUT2D eigenvalue weighted by molar-refractivity contribution is -0.146. The van der Waals surface area contributed by atoms with Crippen molar-refractivity contribution in [2.75, 3.05) is 0 Å². The van der Waals surface area contributed by atoms with Gasteiger partial charge in [-0.3, -0.25) is 9.69 Å². The summed E-state index contributed by atoms with van der Waals surface area (Å²) in [6, 6.07) is -0.894. The summed E-state index contributed by atoms with van der Waals surface area (Å²) < 4.78 is 0.255. The molecule has 1 atom stereocenters. The predicted octanol–water partition coefficient (Wildman–Crippen LogP) is 1.17. The largest absolute Gasteiger partial charge is 0.480 e. The third-order valence-corrected chi connectivity index (χ3v) is 1.73. The molecule has 4 nitrogen and oxygen atoms in total. The van der Waals surface area contributed by atoms with E-state index in [0.717, 1.165) is 4.90 Å². The van der Waals surface area contributed by atoms with Crippen molar-refractivity contribution in [1.29, 1.82) is 0 Å². The molecule has 0 saturated carbocycles. The van der Waals surface area contributed by atoms with Gasteiger partial charge in [-0.25, -0.2) is 4.79 Å². The highest BCUT2D eigenvalue weighted by atomic mass is 79.9. The van der Waals surface area contributed by atoms with Gasteiger partial charge in [0, 0.05) is 6.92 Å². The Morgan fingerprint density at radius 1 is 1.58 bits per heavy atom. The Kier molecular flexibility index (Phi) is 3.95. The second-order valence-electron chi connectivity index (χ2n) is 2.28. The van der Waals surface area contributed by atoms with Crippen LogP contribution in [0.4, 0.5) is 0 Å². The van der Waals surface area contributed by atoms with E-state index in [0.29, 0.717) is 0 Å². The number of nitrogens with zero attached hydrogens (tertiary/aromatic N) is 1. The topological polar surface area (TPSA) is 57.6 Å². The number of carboxylic acids is 1. The molecule has 0 rings (SSSR count). The first kappa shape index (κ1) is 11.2. The SMILES string of the molecule is C=C(Br)N(C(C)=O)[C@H](C)C(=O)O. The number of rotatable bonds is 3. The van der Waals surface area contributed by atoms with Crippen LogP contribution in [0.15, 0.2) is 11.2 Å². The van der Waals surface area contributed by atoms with Crippen molar-refractivity contribution in [3.63, 3.8) is 0 Å². The molecule has 0 spiro atoms. The Hall–Kier alpha value is -0.840. The van der Waals surface area contributed by atoms with E-state index in [4.69, 9.17) is 5.11 Å². The average Bonchev–Trinajstić information content (AvgIpc) is 1.85. The van der Waals surface area contributed by atoms with Gasteiger partial charge in [-0.2, -0.15) is 0 Å². The molecule has 12 heavy (non-hydrogen) atoms. The fraction of sp³-hybridized carbons (Fsp3) is 0.429. The first-order valence-electron chi connectivity index (χ1n) is 3.25. The van der Waals surface area contributed by atoms with Gasteiger partial charge in [0.05, 0.1) is 4.61 Å². The first-order chi connectivity index (χ1) is 5.37. The normalized spacial score (nSPS) is 11.9. The van der Waals surface area contributed by atoms with Crippen molar-refractivity contribution in [1.82, 2.24) is 4.90 Å². The van der Waals surface area contributed by atoms with Crippen LogP contribution in [0.1, 0.15) is 13.8 Å². The molecule has 1 N–H and O–H groups in total. The second kappa shape index (κ2) is 4.25. The summed E-state index contributed by atoms with van der Waals surface area (Å²) in [5.41, 5.74) is 0. The molecule has 0 aliphatic heterocycles. The number of carboxylic acid groups (broad SMARTS) is 1. The molecule has 0 saturated heterocycles. The zero-order chi connectivity index (χ0) is 9.89. The monoisotopic (exact) mass is 235 g/mol. The summed E-state index contributed by atoms with van der Waals surface area (Å²) in [5.74, 6) is -1.42. The van der Waals surface area contributed by atoms with E-state index in [1.807, 2.05) is 0 Å². The molecule has 0 aromatic carbocycles. The van der Waals surface area contributed by atoms with Gasteiger partial charge < -0.3 is 5.11 Å². The number of carbonyl (C=O) groups is 2. The van der Waals surface area contributed by atoms with E-state index in [1.165, 1.54) is 13.8 Å². The molecular weight excluding hydrogens is 226 g/mol. The molecule has 0 bridgehead atoms. The highest BCUT2D eigenvalue weighted by molar-refractivity contribution is 9.11. The van der Waals surface area contributed by atoms with Crippen LogP contribution in [0, 0.1) is 0 Å². The molecule has 0 radical (unpaired) electrons. The van der Waals surface area contributed by atoms with E-state index < -0.39 is 12.0 Å². The van der Waals surface area contributed by atoms with Gasteiger partial charge in [-0.15, -0.1) is 0 Å². The molecule has 0 fully saturated rings. The van der Waals surface area contributed by atoms with Crippen LogP contribution in [0.5, 0.6) is 0 Å². The number of halogens is 1. The Morgan fingerprint density at radius 2 is 2.00 bits per heavy atom. The zero-order valence-electron chi connectivity index (χ0n) is 6.87. The van der Waals surface area contributed by atoms with Crippen LogP contribution in [-0.2, 0) is 9.59 Å². The number of aliphatic carboxylic acids is 1. The van der Waals surface area contributed by atoms with Crippen molar-refractivity contribution in [3.8, 4) is 0 Å². The molecular formula is C7H10BrNO3. The van der Waals surface area contributed by atoms with Crippen molar-refractivity contribution in [3.05, 3.63) is 11.2 Å². The minimum Gasteiger partial charge on any atom is -0.480 e. The minimum atomic E-state index is -1.06. The quantitative estimate of drug-likeness (QED) is 0.748. The molecule has 0 heterocycles. The highest BCUT2D eigenvalue weighted by Gasteiger charge is 2.23. The van der Waals surface area contributed by atoms with Gasteiger partial charge in [0.1, 0.15) is 6.04 Å². The van der Waals surface area contributed by atoms with Crippen LogP contribution in [-0.4, -0.2) is 27.9 Å². The Labute approximate surface area is 79.0 Å². The lowest BCUT2D eigenvalue weighted by atomic mass is 10.3. The van der Waals surface area contributed by atoms with E-state index in [1.54, 1.807) is 0 Å². The van der Waals surface area contributed by atoms with Crippen molar-refractivity contribution in [2.24, 2.45) is 0 Å².